The van der Waals surface area contributed by atoms with Crippen molar-refractivity contribution in [1.82, 2.24) is 4.98 Å². The van der Waals surface area contributed by atoms with Gasteiger partial charge in [0.05, 0.1) is 0 Å². The largest absolute Gasteiger partial charge is 0.369 e. The molecule has 0 radical (unpaired) electrons. The van der Waals surface area contributed by atoms with Crippen LogP contribution in [0.25, 0.3) is 0 Å². The highest BCUT2D eigenvalue weighted by atomic mass is 32.2. The SMILES string of the molecule is C#CCCCCNc1ncccc1S(C)(=O)=O. The van der Waals surface area contributed by atoms with E-state index in [0.717, 1.165) is 19.3 Å². The summed E-state index contributed by atoms with van der Waals surface area (Å²) in [5.41, 5.74) is 0. The van der Waals surface area contributed by atoms with Crippen LogP contribution < -0.4 is 5.32 Å². The lowest BCUT2D eigenvalue weighted by molar-refractivity contribution is 0.601. The summed E-state index contributed by atoms with van der Waals surface area (Å²) in [6, 6.07) is 3.16. The zero-order valence-electron chi connectivity index (χ0n) is 9.81. The fourth-order valence-corrected chi connectivity index (χ4v) is 2.18. The Morgan fingerprint density at radius 1 is 1.47 bits per heavy atom. The number of hydrogen-bond donors (Lipinski definition) is 1. The van der Waals surface area contributed by atoms with Crippen molar-refractivity contribution in [3.63, 3.8) is 0 Å². The van der Waals surface area contributed by atoms with Crippen LogP contribution in [0.4, 0.5) is 5.82 Å². The van der Waals surface area contributed by atoms with Crippen molar-refractivity contribution < 1.29 is 8.42 Å². The third-order valence-corrected chi connectivity index (χ3v) is 3.34. The van der Waals surface area contributed by atoms with Gasteiger partial charge in [0.15, 0.2) is 9.84 Å². The maximum absolute atomic E-state index is 11.5. The molecule has 0 saturated heterocycles. The van der Waals surface area contributed by atoms with E-state index < -0.39 is 9.84 Å². The molecule has 0 saturated carbocycles. The molecule has 0 aliphatic heterocycles. The molecule has 1 heterocycles. The third kappa shape index (κ3) is 4.45. The van der Waals surface area contributed by atoms with E-state index >= 15 is 0 Å². The highest BCUT2D eigenvalue weighted by molar-refractivity contribution is 7.90. The van der Waals surface area contributed by atoms with Crippen LogP contribution >= 0.6 is 0 Å². The molecular weight excluding hydrogens is 236 g/mol. The average molecular weight is 252 g/mol. The Bertz CT molecular complexity index is 503. The van der Waals surface area contributed by atoms with Crippen molar-refractivity contribution in [2.75, 3.05) is 18.1 Å². The second kappa shape index (κ2) is 6.26. The Balaban J connectivity index is 2.63. The van der Waals surface area contributed by atoms with Crippen LogP contribution in [0.1, 0.15) is 19.3 Å². The average Bonchev–Trinajstić information content (AvgIpc) is 2.28. The summed E-state index contributed by atoms with van der Waals surface area (Å²) < 4.78 is 23.0. The molecular formula is C12H16N2O2S. The van der Waals surface area contributed by atoms with Gasteiger partial charge in [-0.05, 0) is 25.0 Å². The normalized spacial score (nSPS) is 10.8. The Kier molecular flexibility index (Phi) is 4.98. The number of pyridine rings is 1. The predicted octanol–water partition coefficient (Wildman–Crippen LogP) is 1.70. The first-order chi connectivity index (χ1) is 8.05. The molecule has 17 heavy (non-hydrogen) atoms. The first-order valence-electron chi connectivity index (χ1n) is 5.38. The van der Waals surface area contributed by atoms with Gasteiger partial charge in [0.2, 0.25) is 0 Å². The van der Waals surface area contributed by atoms with Gasteiger partial charge in [0, 0.05) is 25.4 Å². The van der Waals surface area contributed by atoms with Gasteiger partial charge in [0.25, 0.3) is 0 Å². The lowest BCUT2D eigenvalue weighted by atomic mass is 10.2. The van der Waals surface area contributed by atoms with Crippen LogP contribution in [0.15, 0.2) is 23.2 Å². The molecule has 1 rings (SSSR count). The number of unbranched alkanes of at least 4 members (excludes halogenated alkanes) is 2. The summed E-state index contributed by atoms with van der Waals surface area (Å²) in [7, 11) is -3.24. The summed E-state index contributed by atoms with van der Waals surface area (Å²) >= 11 is 0. The lowest BCUT2D eigenvalue weighted by Gasteiger charge is -2.08. The molecule has 0 bridgehead atoms. The number of hydrogen-bond acceptors (Lipinski definition) is 4. The van der Waals surface area contributed by atoms with E-state index in [0.29, 0.717) is 12.4 Å². The van der Waals surface area contributed by atoms with E-state index in [1.165, 1.54) is 6.26 Å². The molecule has 0 aromatic carbocycles. The number of aromatic nitrogens is 1. The monoisotopic (exact) mass is 252 g/mol. The molecule has 92 valence electrons. The predicted molar refractivity (Wildman–Crippen MR) is 68.5 cm³/mol. The molecule has 0 spiro atoms. The van der Waals surface area contributed by atoms with Crippen LogP contribution in [-0.4, -0.2) is 26.2 Å². The molecule has 4 nitrogen and oxygen atoms in total. The lowest BCUT2D eigenvalue weighted by Crippen LogP contribution is -2.09. The molecule has 0 atom stereocenters. The second-order valence-corrected chi connectivity index (χ2v) is 5.69. The second-order valence-electron chi connectivity index (χ2n) is 3.71. The van der Waals surface area contributed by atoms with Crippen LogP contribution in [0, 0.1) is 12.3 Å². The zero-order valence-corrected chi connectivity index (χ0v) is 10.6. The van der Waals surface area contributed by atoms with Gasteiger partial charge in [-0.3, -0.25) is 0 Å². The number of nitrogens with one attached hydrogen (secondary N) is 1. The molecule has 0 aliphatic carbocycles. The topological polar surface area (TPSA) is 59.1 Å². The van der Waals surface area contributed by atoms with Gasteiger partial charge in [0.1, 0.15) is 10.7 Å². The standard InChI is InChI=1S/C12H16N2O2S/c1-3-4-5-6-9-13-12-11(17(2,15)16)8-7-10-14-12/h1,7-8,10H,4-6,9H2,2H3,(H,13,14). The van der Waals surface area contributed by atoms with Crippen LogP contribution in [0.2, 0.25) is 0 Å². The quantitative estimate of drug-likeness (QED) is 0.618. The van der Waals surface area contributed by atoms with Gasteiger partial charge in [-0.2, -0.15) is 0 Å². The minimum Gasteiger partial charge on any atom is -0.369 e. The number of rotatable bonds is 6. The fourth-order valence-electron chi connectivity index (χ4n) is 1.38. The molecule has 0 aliphatic rings. The number of sulfone groups is 1. The van der Waals surface area contributed by atoms with Crippen molar-refractivity contribution >= 4 is 15.7 Å². The highest BCUT2D eigenvalue weighted by Crippen LogP contribution is 2.17. The summed E-state index contributed by atoms with van der Waals surface area (Å²) in [4.78, 5) is 4.27. The van der Waals surface area contributed by atoms with Crippen molar-refractivity contribution in [1.29, 1.82) is 0 Å². The zero-order chi connectivity index (χ0) is 12.7. The van der Waals surface area contributed by atoms with Crippen molar-refractivity contribution in [2.24, 2.45) is 0 Å². The molecule has 5 heteroatoms. The van der Waals surface area contributed by atoms with E-state index in [4.69, 9.17) is 6.42 Å². The molecule has 1 N–H and O–H groups in total. The molecule has 0 amide bonds. The van der Waals surface area contributed by atoms with E-state index in [1.54, 1.807) is 18.3 Å². The Morgan fingerprint density at radius 3 is 2.88 bits per heavy atom. The highest BCUT2D eigenvalue weighted by Gasteiger charge is 2.12. The smallest absolute Gasteiger partial charge is 0.179 e. The number of nitrogens with zero attached hydrogens (tertiary/aromatic N) is 1. The number of anilines is 1. The first-order valence-corrected chi connectivity index (χ1v) is 7.27. The van der Waals surface area contributed by atoms with Crippen LogP contribution in [-0.2, 0) is 9.84 Å². The van der Waals surface area contributed by atoms with E-state index in [2.05, 4.69) is 16.2 Å². The molecule has 0 unspecified atom stereocenters. The van der Waals surface area contributed by atoms with Gasteiger partial charge in [-0.25, -0.2) is 13.4 Å². The first kappa shape index (κ1) is 13.5. The Labute approximate surface area is 102 Å². The molecule has 1 aromatic rings. The minimum atomic E-state index is -3.24. The van der Waals surface area contributed by atoms with E-state index in [9.17, 15) is 8.42 Å². The van der Waals surface area contributed by atoms with Crippen molar-refractivity contribution in [3.05, 3.63) is 18.3 Å². The summed E-state index contributed by atoms with van der Waals surface area (Å²) in [6.07, 6.45) is 10.4. The maximum Gasteiger partial charge on any atom is 0.179 e. The van der Waals surface area contributed by atoms with Gasteiger partial charge in [-0.15, -0.1) is 12.3 Å². The Hall–Kier alpha value is -1.54. The van der Waals surface area contributed by atoms with Gasteiger partial charge < -0.3 is 5.32 Å². The van der Waals surface area contributed by atoms with Gasteiger partial charge in [-0.1, -0.05) is 0 Å². The summed E-state index contributed by atoms with van der Waals surface area (Å²) in [6.45, 7) is 0.668. The van der Waals surface area contributed by atoms with Crippen molar-refractivity contribution in [3.8, 4) is 12.3 Å². The van der Waals surface area contributed by atoms with Crippen LogP contribution in [0.5, 0.6) is 0 Å². The fraction of sp³-hybridized carbons (Fsp3) is 0.417. The minimum absolute atomic E-state index is 0.233. The van der Waals surface area contributed by atoms with Gasteiger partial charge >= 0.3 is 0 Å². The summed E-state index contributed by atoms with van der Waals surface area (Å²) in [5.74, 6) is 2.98. The van der Waals surface area contributed by atoms with Crippen molar-refractivity contribution in [2.45, 2.75) is 24.2 Å². The molecule has 1 aromatic heterocycles. The number of terminal acetylenes is 1. The Morgan fingerprint density at radius 2 is 2.24 bits per heavy atom. The van der Waals surface area contributed by atoms with Crippen LogP contribution in [0.3, 0.4) is 0 Å². The molecule has 0 fully saturated rings. The third-order valence-electron chi connectivity index (χ3n) is 2.21. The van der Waals surface area contributed by atoms with E-state index in [1.807, 2.05) is 0 Å². The van der Waals surface area contributed by atoms with E-state index in [-0.39, 0.29) is 4.90 Å². The maximum atomic E-state index is 11.5. The summed E-state index contributed by atoms with van der Waals surface area (Å²) in [5, 5.41) is 3.02.